The molecule has 0 bridgehead atoms. The van der Waals surface area contributed by atoms with Crippen molar-refractivity contribution in [3.8, 4) is 0 Å². The molecule has 1 rings (SSSR count). The average molecular weight is 306 g/mol. The average Bonchev–Trinajstić information content (AvgIpc) is 2.43. The molecule has 2 unspecified atom stereocenters. The molecule has 0 spiro atoms. The summed E-state index contributed by atoms with van der Waals surface area (Å²) in [5.41, 5.74) is 0. The van der Waals surface area contributed by atoms with E-state index < -0.39 is 0 Å². The SMILES string of the molecule is C1CCCCCCCOOPPCCCCCCC1. The monoisotopic (exact) mass is 306 g/mol. The van der Waals surface area contributed by atoms with Gasteiger partial charge in [-0.1, -0.05) is 78.9 Å². The first-order valence-electron chi connectivity index (χ1n) is 8.26. The summed E-state index contributed by atoms with van der Waals surface area (Å²) in [5.74, 6) is 0. The van der Waals surface area contributed by atoms with Gasteiger partial charge in [-0.15, -0.1) is 0 Å². The Bertz CT molecular complexity index is 98.8. The fourth-order valence-electron chi connectivity index (χ4n) is 2.47. The summed E-state index contributed by atoms with van der Waals surface area (Å²) in [4.78, 5) is 5.22. The van der Waals surface area contributed by atoms with Crippen molar-refractivity contribution >= 4 is 16.8 Å². The van der Waals surface area contributed by atoms with Crippen molar-refractivity contribution in [2.24, 2.45) is 0 Å². The van der Waals surface area contributed by atoms with Crippen LogP contribution in [0.15, 0.2) is 0 Å². The van der Waals surface area contributed by atoms with Crippen molar-refractivity contribution in [2.75, 3.05) is 12.8 Å². The van der Waals surface area contributed by atoms with Gasteiger partial charge in [0.15, 0.2) is 0 Å². The van der Waals surface area contributed by atoms with Gasteiger partial charge in [0.25, 0.3) is 0 Å². The molecule has 1 fully saturated rings. The molecule has 0 saturated carbocycles. The van der Waals surface area contributed by atoms with E-state index in [2.05, 4.69) is 0 Å². The lowest BCUT2D eigenvalue weighted by Crippen LogP contribution is -1.90. The maximum atomic E-state index is 5.24. The molecule has 1 saturated heterocycles. The summed E-state index contributed by atoms with van der Waals surface area (Å²) in [5, 5.41) is 0. The zero-order chi connectivity index (χ0) is 13.4. The summed E-state index contributed by atoms with van der Waals surface area (Å²) >= 11 is 0. The maximum Gasteiger partial charge on any atom is 0.0825 e. The van der Waals surface area contributed by atoms with Gasteiger partial charge >= 0.3 is 0 Å². The lowest BCUT2D eigenvalue weighted by molar-refractivity contribution is -0.194. The molecule has 0 amide bonds. The predicted molar refractivity (Wildman–Crippen MR) is 88.6 cm³/mol. The van der Waals surface area contributed by atoms with E-state index in [1.807, 2.05) is 0 Å². The molecule has 114 valence electrons. The quantitative estimate of drug-likeness (QED) is 0.391. The van der Waals surface area contributed by atoms with E-state index in [4.69, 9.17) is 9.56 Å². The minimum Gasteiger partial charge on any atom is -0.233 e. The fourth-order valence-corrected chi connectivity index (χ4v) is 4.39. The van der Waals surface area contributed by atoms with Crippen LogP contribution in [0.2, 0.25) is 0 Å². The molecular weight excluding hydrogens is 274 g/mol. The molecule has 0 aromatic carbocycles. The molecule has 0 aromatic heterocycles. The largest absolute Gasteiger partial charge is 0.233 e. The first kappa shape index (κ1) is 17.8. The summed E-state index contributed by atoms with van der Waals surface area (Å²) in [7, 11) is 1.52. The lowest BCUT2D eigenvalue weighted by Gasteiger charge is -2.04. The van der Waals surface area contributed by atoms with E-state index in [9.17, 15) is 0 Å². The van der Waals surface area contributed by atoms with Crippen molar-refractivity contribution in [3.05, 3.63) is 0 Å². The summed E-state index contributed by atoms with van der Waals surface area (Å²) in [6.45, 7) is 0.789. The molecule has 1 aliphatic heterocycles. The molecular formula is C15H32O2P2. The van der Waals surface area contributed by atoms with Crippen LogP contribution in [0.1, 0.15) is 83.5 Å². The third-order valence-electron chi connectivity index (χ3n) is 3.70. The molecule has 4 heteroatoms. The Labute approximate surface area is 123 Å². The van der Waals surface area contributed by atoms with Gasteiger partial charge in [-0.2, -0.15) is 0 Å². The van der Waals surface area contributed by atoms with Gasteiger partial charge in [-0.3, -0.25) is 0 Å². The maximum absolute atomic E-state index is 5.24. The fraction of sp³-hybridized carbons (Fsp3) is 1.00. The Morgan fingerprint density at radius 3 is 1.58 bits per heavy atom. The standard InChI is InChI=1S/C15H32O2P2/c1-2-4-6-8-10-12-14-16-17-19-18-15-13-11-9-7-5-3-1/h18-19H,1-15H2. The number of rotatable bonds is 0. The third kappa shape index (κ3) is 13.5. The van der Waals surface area contributed by atoms with Crippen molar-refractivity contribution < 1.29 is 9.56 Å². The molecule has 19 heavy (non-hydrogen) atoms. The second kappa shape index (κ2) is 15.2. The number of hydrogen-bond donors (Lipinski definition) is 0. The van der Waals surface area contributed by atoms with Gasteiger partial charge in [0.2, 0.25) is 0 Å². The second-order valence-electron chi connectivity index (χ2n) is 5.53. The van der Waals surface area contributed by atoms with Gasteiger partial charge in [0.05, 0.1) is 15.1 Å². The summed E-state index contributed by atoms with van der Waals surface area (Å²) in [6, 6.07) is 0. The minimum atomic E-state index is 0.572. The minimum absolute atomic E-state index is 0.572. The van der Waals surface area contributed by atoms with E-state index in [1.54, 1.807) is 0 Å². The van der Waals surface area contributed by atoms with Crippen molar-refractivity contribution in [3.63, 3.8) is 0 Å². The Kier molecular flexibility index (Phi) is 14.2. The highest BCUT2D eigenvalue weighted by molar-refractivity contribution is 8.09. The smallest absolute Gasteiger partial charge is 0.0825 e. The van der Waals surface area contributed by atoms with Crippen LogP contribution >= 0.6 is 16.8 Å². The van der Waals surface area contributed by atoms with E-state index in [0.29, 0.717) is 8.50 Å². The van der Waals surface area contributed by atoms with Crippen LogP contribution in [-0.2, 0) is 9.56 Å². The molecule has 2 nitrogen and oxygen atoms in total. The van der Waals surface area contributed by atoms with Crippen molar-refractivity contribution in [2.45, 2.75) is 83.5 Å². The van der Waals surface area contributed by atoms with Crippen LogP contribution in [0.5, 0.6) is 0 Å². The van der Waals surface area contributed by atoms with Gasteiger partial charge < -0.3 is 0 Å². The van der Waals surface area contributed by atoms with Crippen LogP contribution in [0.25, 0.3) is 0 Å². The molecule has 1 aliphatic rings. The van der Waals surface area contributed by atoms with Gasteiger partial charge in [-0.25, -0.2) is 9.56 Å². The zero-order valence-corrected chi connectivity index (χ0v) is 14.4. The van der Waals surface area contributed by atoms with Gasteiger partial charge in [0.1, 0.15) is 0 Å². The first-order chi connectivity index (χ1) is 9.50. The van der Waals surface area contributed by atoms with Crippen molar-refractivity contribution in [1.29, 1.82) is 0 Å². The van der Waals surface area contributed by atoms with Crippen LogP contribution < -0.4 is 0 Å². The van der Waals surface area contributed by atoms with Crippen LogP contribution in [0.4, 0.5) is 0 Å². The van der Waals surface area contributed by atoms with Crippen LogP contribution in [0, 0.1) is 0 Å². The number of hydrogen-bond acceptors (Lipinski definition) is 2. The highest BCUT2D eigenvalue weighted by Crippen LogP contribution is 2.38. The Balaban J connectivity index is 2.01. The van der Waals surface area contributed by atoms with Gasteiger partial charge in [-0.05, 0) is 19.0 Å². The Morgan fingerprint density at radius 2 is 1.00 bits per heavy atom. The highest BCUT2D eigenvalue weighted by Gasteiger charge is 1.96. The van der Waals surface area contributed by atoms with E-state index in [1.165, 1.54) is 83.2 Å². The van der Waals surface area contributed by atoms with Crippen molar-refractivity contribution in [1.82, 2.24) is 0 Å². The highest BCUT2D eigenvalue weighted by atomic mass is 32.0. The third-order valence-corrected chi connectivity index (χ3v) is 6.08. The van der Waals surface area contributed by atoms with E-state index in [0.717, 1.165) is 21.3 Å². The second-order valence-corrected chi connectivity index (χ2v) is 8.43. The van der Waals surface area contributed by atoms with Gasteiger partial charge in [0, 0.05) is 0 Å². The molecule has 0 N–H and O–H groups in total. The van der Waals surface area contributed by atoms with Crippen LogP contribution in [-0.4, -0.2) is 12.8 Å². The molecule has 0 aromatic rings. The topological polar surface area (TPSA) is 18.5 Å². The normalized spacial score (nSPS) is 26.5. The van der Waals surface area contributed by atoms with E-state index in [-0.39, 0.29) is 0 Å². The summed E-state index contributed by atoms with van der Waals surface area (Å²) < 4.78 is 5.24. The zero-order valence-electron chi connectivity index (χ0n) is 12.4. The Hall–Kier alpha value is 0.780. The van der Waals surface area contributed by atoms with Crippen LogP contribution in [0.3, 0.4) is 0 Å². The first-order valence-corrected chi connectivity index (χ1v) is 11.4. The predicted octanol–water partition coefficient (Wildman–Crippen LogP) is 6.21. The lowest BCUT2D eigenvalue weighted by atomic mass is 10.0. The molecule has 0 aliphatic carbocycles. The molecule has 0 radical (unpaired) electrons. The molecule has 2 atom stereocenters. The summed E-state index contributed by atoms with van der Waals surface area (Å²) in [6.07, 6.45) is 19.5. The van der Waals surface area contributed by atoms with E-state index >= 15 is 0 Å². The Morgan fingerprint density at radius 1 is 0.526 bits per heavy atom. The molecule has 1 heterocycles.